The predicted octanol–water partition coefficient (Wildman–Crippen LogP) is 4.70. The van der Waals surface area contributed by atoms with E-state index in [1.807, 2.05) is 32.1 Å². The number of benzene rings is 1. The van der Waals surface area contributed by atoms with Gasteiger partial charge in [0, 0.05) is 24.4 Å². The van der Waals surface area contributed by atoms with Gasteiger partial charge in [-0.3, -0.25) is 4.98 Å². The molecule has 9 heteroatoms. The van der Waals surface area contributed by atoms with Crippen LogP contribution < -0.4 is 9.47 Å². The maximum Gasteiger partial charge on any atom is 0.337 e. The van der Waals surface area contributed by atoms with Gasteiger partial charge in [-0.15, -0.1) is 0 Å². The standard InChI is InChI=1S/C24H21N3O6/c1-15-7-20(26-32-15)13-30-22-9-17(3-5-19-6-4-18(12-25-19)24(28)29)10-23(11-22)31-14-21-8-16(2)33-27-21/h3-12H,13-14H2,1-2H3,(H,28,29)/b5-3+. The Kier molecular flexibility index (Phi) is 6.49. The van der Waals surface area contributed by atoms with Gasteiger partial charge >= 0.3 is 5.97 Å². The molecule has 0 atom stereocenters. The van der Waals surface area contributed by atoms with Crippen molar-refractivity contribution in [3.05, 3.63) is 88.4 Å². The van der Waals surface area contributed by atoms with Crippen molar-refractivity contribution >= 4 is 18.1 Å². The topological polar surface area (TPSA) is 121 Å². The number of hydrogen-bond donors (Lipinski definition) is 1. The van der Waals surface area contributed by atoms with Crippen molar-refractivity contribution in [3.63, 3.8) is 0 Å². The van der Waals surface area contributed by atoms with Gasteiger partial charge in [0.25, 0.3) is 0 Å². The summed E-state index contributed by atoms with van der Waals surface area (Å²) in [6.07, 6.45) is 4.93. The number of nitrogens with zero attached hydrogens (tertiary/aromatic N) is 3. The van der Waals surface area contributed by atoms with Crippen molar-refractivity contribution in [2.45, 2.75) is 27.1 Å². The lowest BCUT2D eigenvalue weighted by Gasteiger charge is -2.10. The summed E-state index contributed by atoms with van der Waals surface area (Å²) < 4.78 is 21.9. The highest BCUT2D eigenvalue weighted by Crippen LogP contribution is 2.26. The molecule has 0 saturated carbocycles. The number of aromatic nitrogens is 3. The summed E-state index contributed by atoms with van der Waals surface area (Å²) in [4.78, 5) is 15.1. The number of aromatic carboxylic acids is 1. The highest BCUT2D eigenvalue weighted by molar-refractivity contribution is 5.87. The van der Waals surface area contributed by atoms with E-state index in [2.05, 4.69) is 15.3 Å². The Morgan fingerprint density at radius 1 is 0.909 bits per heavy atom. The molecule has 0 bridgehead atoms. The fourth-order valence-electron chi connectivity index (χ4n) is 2.96. The first-order valence-corrected chi connectivity index (χ1v) is 10.1. The van der Waals surface area contributed by atoms with Gasteiger partial charge in [-0.05, 0) is 49.8 Å². The van der Waals surface area contributed by atoms with Crippen molar-refractivity contribution in [2.24, 2.45) is 0 Å². The van der Waals surface area contributed by atoms with Crippen molar-refractivity contribution in [1.82, 2.24) is 15.3 Å². The molecule has 33 heavy (non-hydrogen) atoms. The second kappa shape index (κ2) is 9.82. The van der Waals surface area contributed by atoms with Crippen LogP contribution in [0.25, 0.3) is 12.2 Å². The van der Waals surface area contributed by atoms with Crippen LogP contribution in [-0.4, -0.2) is 26.4 Å². The van der Waals surface area contributed by atoms with E-state index < -0.39 is 5.97 Å². The third kappa shape index (κ3) is 6.07. The Morgan fingerprint density at radius 2 is 1.52 bits per heavy atom. The summed E-state index contributed by atoms with van der Waals surface area (Å²) in [5.74, 6) is 1.56. The molecule has 9 nitrogen and oxygen atoms in total. The zero-order valence-corrected chi connectivity index (χ0v) is 18.0. The number of carboxylic acid groups (broad SMARTS) is 1. The van der Waals surface area contributed by atoms with E-state index in [0.29, 0.717) is 40.1 Å². The third-order valence-corrected chi connectivity index (χ3v) is 4.51. The Balaban J connectivity index is 1.53. The molecule has 1 N–H and O–H groups in total. The summed E-state index contributed by atoms with van der Waals surface area (Å²) in [6.45, 7) is 4.11. The Morgan fingerprint density at radius 3 is 1.97 bits per heavy atom. The molecule has 4 aromatic rings. The van der Waals surface area contributed by atoms with E-state index in [-0.39, 0.29) is 18.8 Å². The minimum Gasteiger partial charge on any atom is -0.487 e. The summed E-state index contributed by atoms with van der Waals surface area (Å²) in [7, 11) is 0. The number of aryl methyl sites for hydroxylation is 2. The molecule has 0 aliphatic heterocycles. The Bertz CT molecular complexity index is 1210. The van der Waals surface area contributed by atoms with Gasteiger partial charge in [-0.1, -0.05) is 16.4 Å². The fourth-order valence-corrected chi connectivity index (χ4v) is 2.96. The second-order valence-electron chi connectivity index (χ2n) is 7.28. The predicted molar refractivity (Wildman–Crippen MR) is 118 cm³/mol. The van der Waals surface area contributed by atoms with Crippen LogP contribution in [0.2, 0.25) is 0 Å². The lowest BCUT2D eigenvalue weighted by Crippen LogP contribution is -1.99. The van der Waals surface area contributed by atoms with Gasteiger partial charge in [0.15, 0.2) is 0 Å². The van der Waals surface area contributed by atoms with Gasteiger partial charge in [0.1, 0.15) is 47.6 Å². The second-order valence-corrected chi connectivity index (χ2v) is 7.28. The number of carbonyl (C=O) groups is 1. The molecule has 0 aliphatic carbocycles. The minimum atomic E-state index is -1.02. The Hall–Kier alpha value is -4.40. The molecular formula is C24H21N3O6. The van der Waals surface area contributed by atoms with Crippen LogP contribution in [0.5, 0.6) is 11.5 Å². The van der Waals surface area contributed by atoms with E-state index in [1.54, 1.807) is 30.3 Å². The molecule has 0 amide bonds. The van der Waals surface area contributed by atoms with Crippen LogP contribution in [0.4, 0.5) is 0 Å². The number of ether oxygens (including phenoxy) is 2. The van der Waals surface area contributed by atoms with Crippen molar-refractivity contribution in [1.29, 1.82) is 0 Å². The van der Waals surface area contributed by atoms with E-state index in [9.17, 15) is 4.79 Å². The number of hydrogen-bond acceptors (Lipinski definition) is 8. The van der Waals surface area contributed by atoms with Crippen LogP contribution in [0.3, 0.4) is 0 Å². The summed E-state index contributed by atoms with van der Waals surface area (Å²) in [5.41, 5.74) is 2.90. The third-order valence-electron chi connectivity index (χ3n) is 4.51. The first kappa shape index (κ1) is 21.8. The van der Waals surface area contributed by atoms with Crippen LogP contribution in [-0.2, 0) is 13.2 Å². The average molecular weight is 447 g/mol. The fraction of sp³-hybridized carbons (Fsp3) is 0.167. The van der Waals surface area contributed by atoms with Crippen LogP contribution in [0, 0.1) is 13.8 Å². The first-order valence-electron chi connectivity index (χ1n) is 10.1. The minimum absolute atomic E-state index is 0.129. The van der Waals surface area contributed by atoms with Gasteiger partial charge < -0.3 is 23.6 Å². The molecule has 0 spiro atoms. The molecule has 3 heterocycles. The van der Waals surface area contributed by atoms with Gasteiger partial charge in [-0.2, -0.15) is 0 Å². The molecule has 0 radical (unpaired) electrons. The molecule has 1 aromatic carbocycles. The van der Waals surface area contributed by atoms with E-state index >= 15 is 0 Å². The van der Waals surface area contributed by atoms with Gasteiger partial charge in [0.2, 0.25) is 0 Å². The molecule has 3 aromatic heterocycles. The summed E-state index contributed by atoms with van der Waals surface area (Å²) in [6, 6.07) is 12.2. The van der Waals surface area contributed by atoms with E-state index in [4.69, 9.17) is 23.6 Å². The van der Waals surface area contributed by atoms with E-state index in [1.165, 1.54) is 12.3 Å². The maximum absolute atomic E-state index is 11.0. The largest absolute Gasteiger partial charge is 0.487 e. The Labute approximate surface area is 189 Å². The van der Waals surface area contributed by atoms with Crippen LogP contribution in [0.1, 0.15) is 44.5 Å². The lowest BCUT2D eigenvalue weighted by atomic mass is 10.1. The van der Waals surface area contributed by atoms with Crippen LogP contribution >= 0.6 is 0 Å². The SMILES string of the molecule is Cc1cc(COc2cc(/C=C/c3ccc(C(=O)O)cn3)cc(OCc3cc(C)on3)c2)no1. The number of pyridine rings is 1. The molecule has 168 valence electrons. The molecular weight excluding hydrogens is 426 g/mol. The van der Waals surface area contributed by atoms with Crippen molar-refractivity contribution in [2.75, 3.05) is 0 Å². The number of carboxylic acids is 1. The maximum atomic E-state index is 11.0. The molecule has 4 rings (SSSR count). The quantitative estimate of drug-likeness (QED) is 0.389. The number of rotatable bonds is 9. The van der Waals surface area contributed by atoms with Gasteiger partial charge in [0.05, 0.1) is 11.3 Å². The lowest BCUT2D eigenvalue weighted by molar-refractivity contribution is 0.0696. The molecule has 0 saturated heterocycles. The smallest absolute Gasteiger partial charge is 0.337 e. The molecule has 0 fully saturated rings. The summed E-state index contributed by atoms with van der Waals surface area (Å²) in [5, 5.41) is 16.9. The highest BCUT2D eigenvalue weighted by Gasteiger charge is 2.08. The van der Waals surface area contributed by atoms with E-state index in [0.717, 1.165) is 5.56 Å². The normalized spacial score (nSPS) is 11.1. The summed E-state index contributed by atoms with van der Waals surface area (Å²) >= 11 is 0. The van der Waals surface area contributed by atoms with Crippen LogP contribution in [0.15, 0.2) is 57.7 Å². The highest BCUT2D eigenvalue weighted by atomic mass is 16.5. The monoisotopic (exact) mass is 447 g/mol. The van der Waals surface area contributed by atoms with Crippen molar-refractivity contribution < 1.29 is 28.4 Å². The zero-order chi connectivity index (χ0) is 23.2. The van der Waals surface area contributed by atoms with Gasteiger partial charge in [-0.25, -0.2) is 4.79 Å². The average Bonchev–Trinajstić information content (AvgIpc) is 3.42. The molecule has 0 unspecified atom stereocenters. The first-order chi connectivity index (χ1) is 15.9. The zero-order valence-electron chi connectivity index (χ0n) is 18.0. The van der Waals surface area contributed by atoms with Crippen molar-refractivity contribution in [3.8, 4) is 11.5 Å². The molecule has 0 aliphatic rings.